The smallest absolute Gasteiger partial charge is 0.270 e. The highest BCUT2D eigenvalue weighted by molar-refractivity contribution is 5.92. The van der Waals surface area contributed by atoms with E-state index in [9.17, 15) is 9.59 Å². The summed E-state index contributed by atoms with van der Waals surface area (Å²) in [4.78, 5) is 29.2. The number of hydrogen-bond donors (Lipinski definition) is 2. The Bertz CT molecular complexity index is 712. The summed E-state index contributed by atoms with van der Waals surface area (Å²) in [6.07, 6.45) is 5.61. The van der Waals surface area contributed by atoms with Crippen LogP contribution in [-0.2, 0) is 4.79 Å². The number of piperidine rings is 1. The van der Waals surface area contributed by atoms with Gasteiger partial charge in [-0.3, -0.25) is 9.59 Å². The van der Waals surface area contributed by atoms with Gasteiger partial charge < -0.3 is 15.2 Å². The van der Waals surface area contributed by atoms with Crippen LogP contribution >= 0.6 is 0 Å². The van der Waals surface area contributed by atoms with Crippen molar-refractivity contribution in [3.8, 4) is 0 Å². The van der Waals surface area contributed by atoms with Crippen molar-refractivity contribution >= 4 is 17.6 Å². The van der Waals surface area contributed by atoms with Crippen LogP contribution in [0, 0.1) is 5.92 Å². The molecule has 2 aromatic rings. The van der Waals surface area contributed by atoms with Gasteiger partial charge in [-0.2, -0.15) is 5.10 Å². The second-order valence-corrected chi connectivity index (χ2v) is 6.91. The lowest BCUT2D eigenvalue weighted by Crippen LogP contribution is -2.39. The molecule has 3 rings (SSSR count). The molecule has 25 heavy (non-hydrogen) atoms. The molecular formula is C18H25N5O2. The minimum atomic E-state index is 0.0103. The van der Waals surface area contributed by atoms with E-state index in [4.69, 9.17) is 0 Å². The molecule has 0 spiro atoms. The fraction of sp³-hybridized carbons (Fsp3) is 0.500. The first-order chi connectivity index (χ1) is 12.0. The van der Waals surface area contributed by atoms with Crippen molar-refractivity contribution in [3.63, 3.8) is 0 Å². The summed E-state index contributed by atoms with van der Waals surface area (Å²) < 4.78 is 1.88. The van der Waals surface area contributed by atoms with Gasteiger partial charge in [0.25, 0.3) is 5.91 Å². The number of nitrogens with one attached hydrogen (secondary N) is 2. The summed E-state index contributed by atoms with van der Waals surface area (Å²) in [5.41, 5.74) is 0.624. The Balaban J connectivity index is 1.59. The third kappa shape index (κ3) is 4.10. The highest BCUT2D eigenvalue weighted by atomic mass is 16.2. The van der Waals surface area contributed by atoms with Crippen molar-refractivity contribution in [3.05, 3.63) is 36.3 Å². The third-order valence-corrected chi connectivity index (χ3v) is 4.46. The Morgan fingerprint density at radius 2 is 2.08 bits per heavy atom. The van der Waals surface area contributed by atoms with E-state index in [1.807, 2.05) is 35.6 Å². The fourth-order valence-corrected chi connectivity index (χ4v) is 3.22. The van der Waals surface area contributed by atoms with Crippen molar-refractivity contribution in [2.45, 2.75) is 39.2 Å². The number of aromatic nitrogens is 3. The van der Waals surface area contributed by atoms with Crippen molar-refractivity contribution in [1.82, 2.24) is 19.7 Å². The first kappa shape index (κ1) is 17.3. The number of aromatic amines is 1. The number of carbonyl (C=O) groups excluding carboxylic acids is 2. The van der Waals surface area contributed by atoms with Gasteiger partial charge in [0.2, 0.25) is 5.91 Å². The molecule has 0 saturated carbocycles. The molecule has 1 fully saturated rings. The Morgan fingerprint density at radius 3 is 2.72 bits per heavy atom. The molecule has 1 saturated heterocycles. The fourth-order valence-electron chi connectivity index (χ4n) is 3.22. The zero-order chi connectivity index (χ0) is 17.8. The minimum absolute atomic E-state index is 0.0103. The number of hydrogen-bond acceptors (Lipinski definition) is 3. The van der Waals surface area contributed by atoms with E-state index in [2.05, 4.69) is 15.4 Å². The molecule has 1 aliphatic heterocycles. The zero-order valence-electron chi connectivity index (χ0n) is 14.7. The van der Waals surface area contributed by atoms with Crippen LogP contribution in [0.15, 0.2) is 30.6 Å². The summed E-state index contributed by atoms with van der Waals surface area (Å²) in [6.45, 7) is 5.41. The summed E-state index contributed by atoms with van der Waals surface area (Å²) in [5, 5.41) is 7.34. The lowest BCUT2D eigenvalue weighted by atomic mass is 10.0. The highest BCUT2D eigenvalue weighted by Crippen LogP contribution is 2.26. The molecule has 2 aromatic heterocycles. The zero-order valence-corrected chi connectivity index (χ0v) is 14.7. The standard InChI is InChI=1S/C18H25N5O2/c1-13(2)12-17(24)21-16-5-9-20-23(16)14-6-10-22(11-7-14)18(25)15-4-3-8-19-15/h3-5,8-9,13-14,19H,6-7,10-12H2,1-2H3,(H,21,24). The van der Waals surface area contributed by atoms with Crippen molar-refractivity contribution in [2.24, 2.45) is 5.92 Å². The van der Waals surface area contributed by atoms with E-state index in [1.54, 1.807) is 18.5 Å². The molecule has 0 aromatic carbocycles. The number of anilines is 1. The number of H-pyrrole nitrogens is 1. The van der Waals surface area contributed by atoms with Gasteiger partial charge in [-0.1, -0.05) is 13.8 Å². The van der Waals surface area contributed by atoms with Crippen molar-refractivity contribution < 1.29 is 9.59 Å². The van der Waals surface area contributed by atoms with Gasteiger partial charge in [0.15, 0.2) is 0 Å². The van der Waals surface area contributed by atoms with E-state index in [-0.39, 0.29) is 17.9 Å². The molecule has 0 radical (unpaired) electrons. The predicted octanol–water partition coefficient (Wildman–Crippen LogP) is 2.67. The van der Waals surface area contributed by atoms with Crippen LogP contribution in [0.1, 0.15) is 49.6 Å². The van der Waals surface area contributed by atoms with E-state index in [0.29, 0.717) is 31.1 Å². The average Bonchev–Trinajstić information content (AvgIpc) is 3.25. The van der Waals surface area contributed by atoms with Crippen LogP contribution < -0.4 is 5.32 Å². The van der Waals surface area contributed by atoms with Gasteiger partial charge in [-0.05, 0) is 30.9 Å². The van der Waals surface area contributed by atoms with E-state index >= 15 is 0 Å². The quantitative estimate of drug-likeness (QED) is 0.875. The number of rotatable bonds is 5. The van der Waals surface area contributed by atoms with Gasteiger partial charge in [-0.15, -0.1) is 0 Å². The normalized spacial score (nSPS) is 15.6. The number of nitrogens with zero attached hydrogens (tertiary/aromatic N) is 3. The van der Waals surface area contributed by atoms with Gasteiger partial charge in [0.1, 0.15) is 11.5 Å². The van der Waals surface area contributed by atoms with E-state index < -0.39 is 0 Å². The Kier molecular flexibility index (Phi) is 5.21. The van der Waals surface area contributed by atoms with Crippen LogP contribution in [0.2, 0.25) is 0 Å². The highest BCUT2D eigenvalue weighted by Gasteiger charge is 2.26. The first-order valence-corrected chi connectivity index (χ1v) is 8.80. The SMILES string of the molecule is CC(C)CC(=O)Nc1ccnn1C1CCN(C(=O)c2ccc[nH]2)CC1. The van der Waals surface area contributed by atoms with Crippen LogP contribution in [0.25, 0.3) is 0 Å². The summed E-state index contributed by atoms with van der Waals surface area (Å²) >= 11 is 0. The summed E-state index contributed by atoms with van der Waals surface area (Å²) in [5.74, 6) is 1.10. The van der Waals surface area contributed by atoms with Crippen LogP contribution in [0.5, 0.6) is 0 Å². The Hall–Kier alpha value is -2.57. The van der Waals surface area contributed by atoms with Gasteiger partial charge in [0, 0.05) is 31.8 Å². The molecule has 134 valence electrons. The molecule has 0 aliphatic carbocycles. The second kappa shape index (κ2) is 7.55. The Morgan fingerprint density at radius 1 is 1.32 bits per heavy atom. The minimum Gasteiger partial charge on any atom is -0.357 e. The first-order valence-electron chi connectivity index (χ1n) is 8.80. The van der Waals surface area contributed by atoms with Crippen molar-refractivity contribution in [2.75, 3.05) is 18.4 Å². The molecular weight excluding hydrogens is 318 g/mol. The molecule has 2 N–H and O–H groups in total. The topological polar surface area (TPSA) is 83.0 Å². The average molecular weight is 343 g/mol. The van der Waals surface area contributed by atoms with Gasteiger partial charge >= 0.3 is 0 Å². The Labute approximate surface area is 147 Å². The number of likely N-dealkylation sites (tertiary alicyclic amines) is 1. The molecule has 0 bridgehead atoms. The van der Waals surface area contributed by atoms with Crippen LogP contribution in [-0.4, -0.2) is 44.6 Å². The molecule has 0 atom stereocenters. The lowest BCUT2D eigenvalue weighted by molar-refractivity contribution is -0.116. The third-order valence-electron chi connectivity index (χ3n) is 4.46. The summed E-state index contributed by atoms with van der Waals surface area (Å²) in [7, 11) is 0. The second-order valence-electron chi connectivity index (χ2n) is 6.91. The molecule has 7 heteroatoms. The summed E-state index contributed by atoms with van der Waals surface area (Å²) in [6, 6.07) is 5.64. The monoisotopic (exact) mass is 343 g/mol. The maximum absolute atomic E-state index is 12.4. The molecule has 3 heterocycles. The van der Waals surface area contributed by atoms with Crippen LogP contribution in [0.3, 0.4) is 0 Å². The predicted molar refractivity (Wildman–Crippen MR) is 95.3 cm³/mol. The molecule has 7 nitrogen and oxygen atoms in total. The largest absolute Gasteiger partial charge is 0.357 e. The molecule has 0 unspecified atom stereocenters. The maximum atomic E-state index is 12.4. The molecule has 1 aliphatic rings. The molecule has 2 amide bonds. The lowest BCUT2D eigenvalue weighted by Gasteiger charge is -2.32. The van der Waals surface area contributed by atoms with Gasteiger partial charge in [-0.25, -0.2) is 4.68 Å². The number of amides is 2. The number of carbonyl (C=O) groups is 2. The van der Waals surface area contributed by atoms with Crippen molar-refractivity contribution in [1.29, 1.82) is 0 Å². The van der Waals surface area contributed by atoms with Gasteiger partial charge in [0.05, 0.1) is 12.2 Å². The van der Waals surface area contributed by atoms with Crippen LogP contribution in [0.4, 0.5) is 5.82 Å². The van der Waals surface area contributed by atoms with E-state index in [1.165, 1.54) is 0 Å². The maximum Gasteiger partial charge on any atom is 0.270 e. The van der Waals surface area contributed by atoms with E-state index in [0.717, 1.165) is 18.7 Å².